The molecule has 0 aliphatic carbocycles. The fourth-order valence-corrected chi connectivity index (χ4v) is 1.48. The fourth-order valence-electron chi connectivity index (χ4n) is 1.48. The molecule has 0 saturated carbocycles. The number of ketones is 1. The van der Waals surface area contributed by atoms with E-state index in [1.165, 1.54) is 31.3 Å². The fraction of sp³-hybridized carbons (Fsp3) is 0.308. The highest BCUT2D eigenvalue weighted by Gasteiger charge is 2.14. The molecule has 102 valence electrons. The van der Waals surface area contributed by atoms with Crippen LogP contribution in [-0.4, -0.2) is 41.3 Å². The Morgan fingerprint density at radius 1 is 1.16 bits per heavy atom. The molecule has 0 atom stereocenters. The zero-order valence-corrected chi connectivity index (χ0v) is 10.4. The highest BCUT2D eigenvalue weighted by atomic mass is 19.1. The van der Waals surface area contributed by atoms with Crippen molar-refractivity contribution in [3.8, 4) is 0 Å². The number of halogens is 1. The number of hydrogen-bond donors (Lipinski definition) is 1. The molecule has 1 N–H and O–H groups in total. The predicted molar refractivity (Wildman–Crippen MR) is 65.2 cm³/mol. The lowest BCUT2D eigenvalue weighted by atomic mass is 10.1. The van der Waals surface area contributed by atoms with E-state index in [1.807, 2.05) is 0 Å². The van der Waals surface area contributed by atoms with Crippen molar-refractivity contribution in [3.63, 3.8) is 0 Å². The van der Waals surface area contributed by atoms with E-state index in [2.05, 4.69) is 0 Å². The maximum Gasteiger partial charge on any atom is 0.323 e. The summed E-state index contributed by atoms with van der Waals surface area (Å²) in [4.78, 5) is 34.7. The van der Waals surface area contributed by atoms with Crippen LogP contribution >= 0.6 is 0 Å². The first-order chi connectivity index (χ1) is 8.90. The summed E-state index contributed by atoms with van der Waals surface area (Å²) in [5, 5.41) is 8.52. The molecule has 0 aliphatic rings. The summed E-state index contributed by atoms with van der Waals surface area (Å²) in [6.07, 6.45) is -0.103. The zero-order valence-electron chi connectivity index (χ0n) is 10.4. The molecule has 5 nitrogen and oxygen atoms in total. The number of Topliss-reactive ketones (excluding diaryl/α,β-unsaturated/α-hetero) is 1. The van der Waals surface area contributed by atoms with E-state index in [-0.39, 0.29) is 18.6 Å². The SMILES string of the molecule is CN(CC(=O)O)C(=O)CCC(=O)c1ccc(F)cc1. The maximum absolute atomic E-state index is 12.7. The molecular formula is C13H14FNO4. The molecule has 0 spiro atoms. The maximum atomic E-state index is 12.7. The van der Waals surface area contributed by atoms with Gasteiger partial charge in [0.25, 0.3) is 0 Å². The van der Waals surface area contributed by atoms with Crippen LogP contribution in [0.2, 0.25) is 0 Å². The number of likely N-dealkylation sites (N-methyl/N-ethyl adjacent to an activating group) is 1. The van der Waals surface area contributed by atoms with Gasteiger partial charge < -0.3 is 10.0 Å². The van der Waals surface area contributed by atoms with E-state index < -0.39 is 24.2 Å². The van der Waals surface area contributed by atoms with Gasteiger partial charge in [-0.1, -0.05) is 0 Å². The minimum atomic E-state index is -1.11. The molecule has 19 heavy (non-hydrogen) atoms. The van der Waals surface area contributed by atoms with Crippen molar-refractivity contribution < 1.29 is 23.9 Å². The molecule has 0 saturated heterocycles. The molecular weight excluding hydrogens is 253 g/mol. The van der Waals surface area contributed by atoms with Gasteiger partial charge in [0.2, 0.25) is 5.91 Å². The number of aliphatic carboxylic acids is 1. The third-order valence-corrected chi connectivity index (χ3v) is 2.53. The van der Waals surface area contributed by atoms with Crippen LogP contribution < -0.4 is 0 Å². The summed E-state index contributed by atoms with van der Waals surface area (Å²) in [5.41, 5.74) is 0.329. The molecule has 0 aromatic heterocycles. The van der Waals surface area contributed by atoms with Crippen molar-refractivity contribution in [2.75, 3.05) is 13.6 Å². The number of carboxylic acids is 1. The van der Waals surface area contributed by atoms with Crippen molar-refractivity contribution >= 4 is 17.7 Å². The Bertz CT molecular complexity index is 484. The number of carbonyl (C=O) groups is 3. The van der Waals surface area contributed by atoms with Gasteiger partial charge in [-0.25, -0.2) is 4.39 Å². The Kier molecular flexibility index (Phi) is 5.17. The lowest BCUT2D eigenvalue weighted by Gasteiger charge is -2.13. The Hall–Kier alpha value is -2.24. The quantitative estimate of drug-likeness (QED) is 0.789. The molecule has 1 aromatic rings. The van der Waals surface area contributed by atoms with Crippen molar-refractivity contribution in [1.82, 2.24) is 4.90 Å². The largest absolute Gasteiger partial charge is 0.480 e. The monoisotopic (exact) mass is 267 g/mol. The molecule has 1 rings (SSSR count). The van der Waals surface area contributed by atoms with Crippen LogP contribution in [0.5, 0.6) is 0 Å². The Balaban J connectivity index is 2.48. The van der Waals surface area contributed by atoms with Gasteiger partial charge in [-0.15, -0.1) is 0 Å². The number of benzene rings is 1. The molecule has 1 amide bonds. The summed E-state index contributed by atoms with van der Waals surface area (Å²) < 4.78 is 12.7. The highest BCUT2D eigenvalue weighted by molar-refractivity contribution is 5.98. The van der Waals surface area contributed by atoms with E-state index in [4.69, 9.17) is 5.11 Å². The molecule has 0 heterocycles. The first-order valence-electron chi connectivity index (χ1n) is 5.64. The summed E-state index contributed by atoms with van der Waals surface area (Å²) in [6.45, 7) is -0.399. The van der Waals surface area contributed by atoms with Crippen LogP contribution in [-0.2, 0) is 9.59 Å². The Morgan fingerprint density at radius 2 is 1.74 bits per heavy atom. The van der Waals surface area contributed by atoms with Gasteiger partial charge in [0.1, 0.15) is 12.4 Å². The number of carboxylic acid groups (broad SMARTS) is 1. The summed E-state index contributed by atoms with van der Waals surface area (Å²) in [5.74, 6) is -2.25. The summed E-state index contributed by atoms with van der Waals surface area (Å²) in [7, 11) is 1.36. The number of nitrogens with zero attached hydrogens (tertiary/aromatic N) is 1. The van der Waals surface area contributed by atoms with Crippen LogP contribution in [0.3, 0.4) is 0 Å². The second kappa shape index (κ2) is 6.63. The number of amides is 1. The normalized spacial score (nSPS) is 10.0. The molecule has 0 unspecified atom stereocenters. The van der Waals surface area contributed by atoms with Gasteiger partial charge in [0.05, 0.1) is 0 Å². The van der Waals surface area contributed by atoms with Gasteiger partial charge in [-0.2, -0.15) is 0 Å². The minimum absolute atomic E-state index is 0.0333. The predicted octanol–water partition coefficient (Wildman–Crippen LogP) is 1.33. The van der Waals surface area contributed by atoms with E-state index in [9.17, 15) is 18.8 Å². The van der Waals surface area contributed by atoms with E-state index >= 15 is 0 Å². The summed E-state index contributed by atoms with van der Waals surface area (Å²) in [6, 6.07) is 5.05. The van der Waals surface area contributed by atoms with E-state index in [0.717, 1.165) is 4.90 Å². The lowest BCUT2D eigenvalue weighted by Crippen LogP contribution is -2.32. The van der Waals surface area contributed by atoms with E-state index in [0.29, 0.717) is 5.56 Å². The number of hydrogen-bond acceptors (Lipinski definition) is 3. The standard InChI is InChI=1S/C13H14FNO4/c1-15(8-13(18)19)12(17)7-6-11(16)9-2-4-10(14)5-3-9/h2-5H,6-8H2,1H3,(H,18,19). The average Bonchev–Trinajstić information content (AvgIpc) is 2.35. The molecule has 0 radical (unpaired) electrons. The van der Waals surface area contributed by atoms with E-state index in [1.54, 1.807) is 0 Å². The Morgan fingerprint density at radius 3 is 2.26 bits per heavy atom. The second-order valence-electron chi connectivity index (χ2n) is 4.07. The zero-order chi connectivity index (χ0) is 14.4. The molecule has 0 aliphatic heterocycles. The van der Waals surface area contributed by atoms with Gasteiger partial charge in [0, 0.05) is 25.5 Å². The third kappa shape index (κ3) is 4.87. The highest BCUT2D eigenvalue weighted by Crippen LogP contribution is 2.08. The van der Waals surface area contributed by atoms with Gasteiger partial charge in [-0.05, 0) is 24.3 Å². The summed E-state index contributed by atoms with van der Waals surface area (Å²) >= 11 is 0. The smallest absolute Gasteiger partial charge is 0.323 e. The van der Waals surface area contributed by atoms with Gasteiger partial charge in [-0.3, -0.25) is 14.4 Å². The number of rotatable bonds is 6. The molecule has 6 heteroatoms. The van der Waals surface area contributed by atoms with Crippen molar-refractivity contribution in [1.29, 1.82) is 0 Å². The van der Waals surface area contributed by atoms with Crippen LogP contribution in [0.25, 0.3) is 0 Å². The van der Waals surface area contributed by atoms with Crippen LogP contribution in [0.1, 0.15) is 23.2 Å². The second-order valence-corrected chi connectivity index (χ2v) is 4.07. The third-order valence-electron chi connectivity index (χ3n) is 2.53. The first kappa shape index (κ1) is 14.8. The van der Waals surface area contributed by atoms with Crippen LogP contribution in [0, 0.1) is 5.82 Å². The number of carbonyl (C=O) groups excluding carboxylic acids is 2. The average molecular weight is 267 g/mol. The Labute approximate surface area is 109 Å². The van der Waals surface area contributed by atoms with Crippen LogP contribution in [0.15, 0.2) is 24.3 Å². The van der Waals surface area contributed by atoms with Crippen molar-refractivity contribution in [2.45, 2.75) is 12.8 Å². The minimum Gasteiger partial charge on any atom is -0.480 e. The van der Waals surface area contributed by atoms with Gasteiger partial charge in [0.15, 0.2) is 5.78 Å². The molecule has 0 bridgehead atoms. The van der Waals surface area contributed by atoms with Crippen LogP contribution in [0.4, 0.5) is 4.39 Å². The van der Waals surface area contributed by atoms with Crippen molar-refractivity contribution in [2.24, 2.45) is 0 Å². The molecule has 1 aromatic carbocycles. The lowest BCUT2D eigenvalue weighted by molar-refractivity contribution is -0.143. The molecule has 0 fully saturated rings. The topological polar surface area (TPSA) is 74.7 Å². The first-order valence-corrected chi connectivity index (χ1v) is 5.64. The van der Waals surface area contributed by atoms with Crippen molar-refractivity contribution in [3.05, 3.63) is 35.6 Å². The van der Waals surface area contributed by atoms with Gasteiger partial charge >= 0.3 is 5.97 Å².